The maximum Gasteiger partial charge on any atom is 0.231 e. The molecule has 0 aliphatic carbocycles. The summed E-state index contributed by atoms with van der Waals surface area (Å²) in [4.78, 5) is 2.43. The zero-order valence-electron chi connectivity index (χ0n) is 16.7. The van der Waals surface area contributed by atoms with E-state index in [1.807, 2.05) is 32.0 Å². The molecule has 6 nitrogen and oxygen atoms in total. The summed E-state index contributed by atoms with van der Waals surface area (Å²) in [5.74, 6) is 3.38. The Morgan fingerprint density at radius 3 is 2.62 bits per heavy atom. The van der Waals surface area contributed by atoms with Crippen molar-refractivity contribution in [3.63, 3.8) is 0 Å². The summed E-state index contributed by atoms with van der Waals surface area (Å²) in [6.07, 6.45) is 0.951. The minimum atomic E-state index is -0.0129. The number of benzene rings is 2. The molecule has 0 saturated heterocycles. The third kappa shape index (κ3) is 3.44. The van der Waals surface area contributed by atoms with E-state index in [4.69, 9.17) is 18.7 Å². The van der Waals surface area contributed by atoms with E-state index < -0.39 is 0 Å². The van der Waals surface area contributed by atoms with Gasteiger partial charge in [0.2, 0.25) is 6.79 Å². The second-order valence-corrected chi connectivity index (χ2v) is 7.47. The van der Waals surface area contributed by atoms with Gasteiger partial charge < -0.3 is 18.7 Å². The first kappa shape index (κ1) is 18.1. The fraction of sp³-hybridized carbons (Fsp3) is 0.348. The van der Waals surface area contributed by atoms with Gasteiger partial charge in [-0.3, -0.25) is 4.90 Å². The zero-order chi connectivity index (χ0) is 19.8. The smallest absolute Gasteiger partial charge is 0.231 e. The Labute approximate surface area is 170 Å². The minimum Gasteiger partial charge on any atom is -0.494 e. The number of hydrogen-bond donors (Lipinski definition) is 0. The number of ether oxygens (including phenoxy) is 3. The molecule has 1 aromatic heterocycles. The van der Waals surface area contributed by atoms with E-state index in [0.29, 0.717) is 6.61 Å². The summed E-state index contributed by atoms with van der Waals surface area (Å²) in [5, 5.41) is 4.14. The monoisotopic (exact) mass is 392 g/mol. The average Bonchev–Trinajstić information content (AvgIpc) is 3.36. The van der Waals surface area contributed by atoms with Gasteiger partial charge in [-0.05, 0) is 61.2 Å². The number of fused-ring (bicyclic) bond motifs is 2. The van der Waals surface area contributed by atoms with Gasteiger partial charge in [-0.2, -0.15) is 0 Å². The molecule has 2 aliphatic heterocycles. The maximum absolute atomic E-state index is 5.72. The molecule has 1 atom stereocenters. The highest BCUT2D eigenvalue weighted by Gasteiger charge is 2.33. The standard InChI is InChI=1S/C23H24N2O4/c1-3-26-18-6-4-16(5-7-18)13-25-9-8-17-11-20-21(28-14-27-20)12-19(17)23(25)22-10-15(2)24-29-22/h4-7,10-12,23H,3,8-9,13-14H2,1-2H3. The molecule has 2 aliphatic rings. The minimum absolute atomic E-state index is 0.0129. The molecule has 0 bridgehead atoms. The number of hydrogen-bond acceptors (Lipinski definition) is 6. The molecule has 0 spiro atoms. The molecule has 6 heteroatoms. The number of aromatic nitrogens is 1. The van der Waals surface area contributed by atoms with Crippen molar-refractivity contribution in [2.45, 2.75) is 32.9 Å². The van der Waals surface area contributed by atoms with Crippen LogP contribution in [-0.4, -0.2) is 30.0 Å². The molecule has 3 heterocycles. The SMILES string of the molecule is CCOc1ccc(CN2CCc3cc4c(cc3C2c2cc(C)no2)OCO4)cc1. The van der Waals surface area contributed by atoms with Crippen molar-refractivity contribution in [1.82, 2.24) is 10.1 Å². The molecule has 0 amide bonds. The van der Waals surface area contributed by atoms with Gasteiger partial charge in [0.25, 0.3) is 0 Å². The van der Waals surface area contributed by atoms with Crippen LogP contribution in [0.15, 0.2) is 47.0 Å². The maximum atomic E-state index is 5.72. The predicted octanol–water partition coefficient (Wildman–Crippen LogP) is 4.26. The molecule has 1 unspecified atom stereocenters. The van der Waals surface area contributed by atoms with Crippen molar-refractivity contribution < 1.29 is 18.7 Å². The van der Waals surface area contributed by atoms with Crippen molar-refractivity contribution in [2.75, 3.05) is 19.9 Å². The first-order valence-electron chi connectivity index (χ1n) is 10.0. The topological polar surface area (TPSA) is 57.0 Å². The molecule has 29 heavy (non-hydrogen) atoms. The van der Waals surface area contributed by atoms with E-state index in [9.17, 15) is 0 Å². The van der Waals surface area contributed by atoms with Crippen LogP contribution in [0.3, 0.4) is 0 Å². The Morgan fingerprint density at radius 1 is 1.10 bits per heavy atom. The summed E-state index contributed by atoms with van der Waals surface area (Å²) < 4.78 is 22.5. The molecule has 150 valence electrons. The van der Waals surface area contributed by atoms with Gasteiger partial charge in [0.05, 0.1) is 18.3 Å². The molecule has 0 radical (unpaired) electrons. The van der Waals surface area contributed by atoms with Crippen LogP contribution in [0.25, 0.3) is 0 Å². The van der Waals surface area contributed by atoms with Crippen LogP contribution in [-0.2, 0) is 13.0 Å². The van der Waals surface area contributed by atoms with E-state index in [2.05, 4.69) is 34.3 Å². The molecule has 0 N–H and O–H groups in total. The van der Waals surface area contributed by atoms with E-state index in [1.54, 1.807) is 0 Å². The van der Waals surface area contributed by atoms with Gasteiger partial charge in [-0.1, -0.05) is 17.3 Å². The molecular formula is C23H24N2O4. The van der Waals surface area contributed by atoms with E-state index in [0.717, 1.165) is 48.2 Å². The Hall–Kier alpha value is -2.99. The van der Waals surface area contributed by atoms with Gasteiger partial charge in [0.1, 0.15) is 5.75 Å². The highest BCUT2D eigenvalue weighted by atomic mass is 16.7. The van der Waals surface area contributed by atoms with Gasteiger partial charge in [-0.15, -0.1) is 0 Å². The fourth-order valence-corrected chi connectivity index (χ4v) is 4.17. The van der Waals surface area contributed by atoms with Crippen LogP contribution in [0.4, 0.5) is 0 Å². The predicted molar refractivity (Wildman–Crippen MR) is 107 cm³/mol. The Balaban J connectivity index is 1.49. The highest BCUT2D eigenvalue weighted by Crippen LogP contribution is 2.43. The van der Waals surface area contributed by atoms with Crippen LogP contribution >= 0.6 is 0 Å². The summed E-state index contributed by atoms with van der Waals surface area (Å²) >= 11 is 0. The van der Waals surface area contributed by atoms with Crippen molar-refractivity contribution in [2.24, 2.45) is 0 Å². The van der Waals surface area contributed by atoms with Gasteiger partial charge in [0.15, 0.2) is 17.3 Å². The lowest BCUT2D eigenvalue weighted by Gasteiger charge is -2.36. The summed E-state index contributed by atoms with van der Waals surface area (Å²) in [6, 6.07) is 14.5. The van der Waals surface area contributed by atoms with Gasteiger partial charge in [0, 0.05) is 19.2 Å². The lowest BCUT2D eigenvalue weighted by Crippen LogP contribution is -2.35. The molecule has 0 saturated carbocycles. The Morgan fingerprint density at radius 2 is 1.90 bits per heavy atom. The lowest BCUT2D eigenvalue weighted by molar-refractivity contribution is 0.172. The van der Waals surface area contributed by atoms with E-state index in [1.165, 1.54) is 16.7 Å². The zero-order valence-corrected chi connectivity index (χ0v) is 16.7. The highest BCUT2D eigenvalue weighted by molar-refractivity contribution is 5.52. The van der Waals surface area contributed by atoms with E-state index >= 15 is 0 Å². The lowest BCUT2D eigenvalue weighted by atomic mass is 9.90. The Kier molecular flexibility index (Phi) is 4.64. The molecule has 2 aromatic carbocycles. The van der Waals surface area contributed by atoms with Crippen molar-refractivity contribution in [3.8, 4) is 17.2 Å². The first-order chi connectivity index (χ1) is 14.2. The molecular weight excluding hydrogens is 368 g/mol. The quantitative estimate of drug-likeness (QED) is 0.647. The molecule has 3 aromatic rings. The number of aryl methyl sites for hydroxylation is 1. The summed E-state index contributed by atoms with van der Waals surface area (Å²) in [7, 11) is 0. The van der Waals surface area contributed by atoms with Crippen LogP contribution in [0.1, 0.15) is 41.1 Å². The van der Waals surface area contributed by atoms with E-state index in [-0.39, 0.29) is 12.8 Å². The Bertz CT molecular complexity index is 1010. The van der Waals surface area contributed by atoms with Crippen molar-refractivity contribution in [3.05, 3.63) is 70.6 Å². The van der Waals surface area contributed by atoms with Crippen molar-refractivity contribution >= 4 is 0 Å². The summed E-state index contributed by atoms with van der Waals surface area (Å²) in [6.45, 7) is 6.63. The average molecular weight is 392 g/mol. The van der Waals surface area contributed by atoms with Gasteiger partial charge >= 0.3 is 0 Å². The first-order valence-corrected chi connectivity index (χ1v) is 10.0. The second kappa shape index (κ2) is 7.44. The second-order valence-electron chi connectivity index (χ2n) is 7.47. The van der Waals surface area contributed by atoms with Crippen LogP contribution < -0.4 is 14.2 Å². The fourth-order valence-electron chi connectivity index (χ4n) is 4.17. The van der Waals surface area contributed by atoms with Crippen LogP contribution in [0.2, 0.25) is 0 Å². The largest absolute Gasteiger partial charge is 0.494 e. The molecule has 5 rings (SSSR count). The normalized spacial score (nSPS) is 17.9. The van der Waals surface area contributed by atoms with Crippen molar-refractivity contribution in [1.29, 1.82) is 0 Å². The number of nitrogens with zero attached hydrogens (tertiary/aromatic N) is 2. The third-order valence-electron chi connectivity index (χ3n) is 5.50. The van der Waals surface area contributed by atoms with Crippen LogP contribution in [0.5, 0.6) is 17.2 Å². The van der Waals surface area contributed by atoms with Crippen LogP contribution in [0, 0.1) is 6.92 Å². The summed E-state index contributed by atoms with van der Waals surface area (Å²) in [5.41, 5.74) is 4.59. The van der Waals surface area contributed by atoms with Gasteiger partial charge in [-0.25, -0.2) is 0 Å². The third-order valence-corrected chi connectivity index (χ3v) is 5.50. The number of rotatable bonds is 5. The molecule has 0 fully saturated rings.